The van der Waals surface area contributed by atoms with Gasteiger partial charge in [-0.1, -0.05) is 15.9 Å². The lowest BCUT2D eigenvalue weighted by Crippen LogP contribution is -2.37. The second kappa shape index (κ2) is 7.12. The smallest absolute Gasteiger partial charge is 0.354 e. The van der Waals surface area contributed by atoms with Crippen molar-refractivity contribution >= 4 is 33.6 Å². The summed E-state index contributed by atoms with van der Waals surface area (Å²) in [6.45, 7) is 1.91. The number of furan rings is 1. The Bertz CT molecular complexity index is 1110. The molecule has 0 radical (unpaired) electrons. The van der Waals surface area contributed by atoms with Gasteiger partial charge in [0.1, 0.15) is 18.1 Å². The van der Waals surface area contributed by atoms with Crippen molar-refractivity contribution in [1.29, 1.82) is 0 Å². The number of rotatable bonds is 5. The van der Waals surface area contributed by atoms with Gasteiger partial charge in [0.05, 0.1) is 13.1 Å². The molecule has 0 fully saturated rings. The van der Waals surface area contributed by atoms with Crippen molar-refractivity contribution in [1.82, 2.24) is 19.7 Å². The Morgan fingerprint density at radius 3 is 2.61 bits per heavy atom. The second-order valence-electron chi connectivity index (χ2n) is 6.33. The minimum absolute atomic E-state index is 0.163. The third-order valence-corrected chi connectivity index (χ3v) is 4.84. The van der Waals surface area contributed by atoms with Crippen molar-refractivity contribution in [2.45, 2.75) is 26.6 Å². The van der Waals surface area contributed by atoms with Crippen LogP contribution in [-0.4, -0.2) is 26.3 Å². The largest absolute Gasteiger partial charge is 0.465 e. The number of carbonyl (C=O) groups is 2. The number of aryl methyl sites for hydroxylation is 1. The Hall–Kier alpha value is -3.14. The number of aromatic nitrogens is 3. The molecule has 1 N–H and O–H groups in total. The first-order valence-electron chi connectivity index (χ1n) is 8.50. The van der Waals surface area contributed by atoms with Crippen molar-refractivity contribution in [2.24, 2.45) is 0 Å². The normalized spacial score (nSPS) is 13.1. The summed E-state index contributed by atoms with van der Waals surface area (Å²) in [6, 6.07) is 10.3. The number of fused-ring (bicyclic) bond motifs is 1. The topological polar surface area (TPSA) is 102 Å². The van der Waals surface area contributed by atoms with Crippen molar-refractivity contribution in [3.63, 3.8) is 0 Å². The Kier molecular flexibility index (Phi) is 4.63. The molecule has 2 aromatic heterocycles. The monoisotopic (exact) mass is 445 g/mol. The molecular weight excluding hydrogens is 430 g/mol. The highest BCUT2D eigenvalue weighted by Gasteiger charge is 2.33. The van der Waals surface area contributed by atoms with Gasteiger partial charge in [0, 0.05) is 10.2 Å². The number of carbonyl (C=O) groups excluding carboxylic acids is 2. The molecule has 2 amide bonds. The first kappa shape index (κ1) is 18.2. The summed E-state index contributed by atoms with van der Waals surface area (Å²) in [6.07, 6.45) is 0. The van der Waals surface area contributed by atoms with Gasteiger partial charge in [0.15, 0.2) is 5.82 Å². The van der Waals surface area contributed by atoms with Crippen LogP contribution >= 0.6 is 15.9 Å². The predicted octanol–water partition coefficient (Wildman–Crippen LogP) is 2.01. The SMILES string of the molecule is Cc1ccc(CNC(=O)Cn2nc3n(c2=O)C(=O)N(c2ccc(Br)cc2)C3)o1. The molecule has 144 valence electrons. The van der Waals surface area contributed by atoms with Gasteiger partial charge in [0.2, 0.25) is 5.91 Å². The van der Waals surface area contributed by atoms with Crippen LogP contribution in [0.25, 0.3) is 0 Å². The fourth-order valence-electron chi connectivity index (χ4n) is 2.96. The second-order valence-corrected chi connectivity index (χ2v) is 7.24. The maximum Gasteiger partial charge on any atom is 0.354 e. The van der Waals surface area contributed by atoms with Gasteiger partial charge >= 0.3 is 11.7 Å². The maximum atomic E-state index is 12.6. The van der Waals surface area contributed by atoms with Crippen LogP contribution in [0.5, 0.6) is 0 Å². The molecule has 0 bridgehead atoms. The summed E-state index contributed by atoms with van der Waals surface area (Å²) in [5, 5.41) is 6.81. The Labute approximate surface area is 167 Å². The van der Waals surface area contributed by atoms with E-state index in [-0.39, 0.29) is 19.6 Å². The van der Waals surface area contributed by atoms with Crippen LogP contribution in [0.15, 0.2) is 50.1 Å². The van der Waals surface area contributed by atoms with Crippen molar-refractivity contribution in [2.75, 3.05) is 4.90 Å². The van der Waals surface area contributed by atoms with E-state index in [0.717, 1.165) is 19.5 Å². The molecule has 1 aliphatic heterocycles. The molecule has 0 saturated carbocycles. The first-order chi connectivity index (χ1) is 13.4. The molecule has 9 nitrogen and oxygen atoms in total. The van der Waals surface area contributed by atoms with Crippen LogP contribution in [-0.2, 0) is 24.4 Å². The zero-order valence-corrected chi connectivity index (χ0v) is 16.5. The number of benzene rings is 1. The lowest BCUT2D eigenvalue weighted by Gasteiger charge is -2.14. The van der Waals surface area contributed by atoms with E-state index in [9.17, 15) is 14.4 Å². The van der Waals surface area contributed by atoms with E-state index in [2.05, 4.69) is 26.3 Å². The first-order valence-corrected chi connectivity index (χ1v) is 9.30. The molecule has 0 unspecified atom stereocenters. The standard InChI is InChI=1S/C18H16BrN5O4/c1-11-2-7-14(28-11)8-20-16(25)10-23-18(27)24-15(21-23)9-22(17(24)26)13-5-3-12(19)4-6-13/h2-7H,8-10H2,1H3,(H,20,25). The van der Waals surface area contributed by atoms with Gasteiger partial charge in [-0.2, -0.15) is 9.67 Å². The highest BCUT2D eigenvalue weighted by molar-refractivity contribution is 9.10. The number of nitrogens with zero attached hydrogens (tertiary/aromatic N) is 4. The summed E-state index contributed by atoms with van der Waals surface area (Å²) in [5.74, 6) is 1.27. The van der Waals surface area contributed by atoms with E-state index in [1.165, 1.54) is 4.90 Å². The van der Waals surface area contributed by atoms with Crippen molar-refractivity contribution in [3.05, 3.63) is 68.7 Å². The van der Waals surface area contributed by atoms with Crippen LogP contribution in [0.3, 0.4) is 0 Å². The van der Waals surface area contributed by atoms with E-state index in [1.807, 2.05) is 19.1 Å². The molecule has 1 aliphatic rings. The Morgan fingerprint density at radius 1 is 1.21 bits per heavy atom. The molecule has 0 saturated heterocycles. The summed E-state index contributed by atoms with van der Waals surface area (Å²) >= 11 is 3.34. The number of anilines is 1. The Balaban J connectivity index is 1.45. The van der Waals surface area contributed by atoms with E-state index in [0.29, 0.717) is 17.3 Å². The summed E-state index contributed by atoms with van der Waals surface area (Å²) in [5.41, 5.74) is 0.0275. The highest BCUT2D eigenvalue weighted by atomic mass is 79.9. The van der Waals surface area contributed by atoms with Crippen LogP contribution < -0.4 is 15.9 Å². The van der Waals surface area contributed by atoms with Crippen LogP contribution in [0.2, 0.25) is 0 Å². The molecule has 4 rings (SSSR count). The van der Waals surface area contributed by atoms with Crippen LogP contribution in [0.4, 0.5) is 10.5 Å². The lowest BCUT2D eigenvalue weighted by molar-refractivity contribution is -0.122. The van der Waals surface area contributed by atoms with Crippen LogP contribution in [0.1, 0.15) is 17.3 Å². The molecule has 0 spiro atoms. The van der Waals surface area contributed by atoms with Gasteiger partial charge < -0.3 is 9.73 Å². The van der Waals surface area contributed by atoms with Gasteiger partial charge in [-0.3, -0.25) is 9.69 Å². The number of amides is 2. The minimum atomic E-state index is -0.636. The average Bonchev–Trinajstić information content (AvgIpc) is 3.31. The fraction of sp³-hybridized carbons (Fsp3) is 0.222. The minimum Gasteiger partial charge on any atom is -0.465 e. The number of hydrogen-bond donors (Lipinski definition) is 1. The van der Waals surface area contributed by atoms with Gasteiger partial charge in [0.25, 0.3) is 0 Å². The van der Waals surface area contributed by atoms with Crippen molar-refractivity contribution < 1.29 is 14.0 Å². The maximum absolute atomic E-state index is 12.6. The zero-order chi connectivity index (χ0) is 19.8. The summed E-state index contributed by atoms with van der Waals surface area (Å²) in [7, 11) is 0. The molecule has 10 heteroatoms. The van der Waals surface area contributed by atoms with Gasteiger partial charge in [-0.05, 0) is 43.3 Å². The van der Waals surface area contributed by atoms with Crippen molar-refractivity contribution in [3.8, 4) is 0 Å². The zero-order valence-electron chi connectivity index (χ0n) is 14.9. The molecule has 28 heavy (non-hydrogen) atoms. The molecule has 1 aromatic carbocycles. The number of halogens is 1. The van der Waals surface area contributed by atoms with E-state index in [1.54, 1.807) is 24.3 Å². The highest BCUT2D eigenvalue weighted by Crippen LogP contribution is 2.24. The molecule has 0 atom stereocenters. The third-order valence-electron chi connectivity index (χ3n) is 4.32. The van der Waals surface area contributed by atoms with E-state index < -0.39 is 17.6 Å². The molecule has 3 aromatic rings. The lowest BCUT2D eigenvalue weighted by atomic mass is 10.3. The summed E-state index contributed by atoms with van der Waals surface area (Å²) in [4.78, 5) is 38.7. The van der Waals surface area contributed by atoms with Crippen LogP contribution in [0, 0.1) is 6.92 Å². The van der Waals surface area contributed by atoms with E-state index >= 15 is 0 Å². The van der Waals surface area contributed by atoms with E-state index in [4.69, 9.17) is 4.42 Å². The molecule has 3 heterocycles. The fourth-order valence-corrected chi connectivity index (χ4v) is 3.22. The number of hydrogen-bond acceptors (Lipinski definition) is 5. The molecular formula is C18H16BrN5O4. The number of nitrogens with one attached hydrogen (secondary N) is 1. The average molecular weight is 446 g/mol. The van der Waals surface area contributed by atoms with Gasteiger partial charge in [-0.25, -0.2) is 14.3 Å². The summed E-state index contributed by atoms with van der Waals surface area (Å²) < 4.78 is 8.25. The molecule has 0 aliphatic carbocycles. The van der Waals surface area contributed by atoms with Gasteiger partial charge in [-0.15, -0.1) is 0 Å². The third kappa shape index (κ3) is 3.38. The quantitative estimate of drug-likeness (QED) is 0.646. The predicted molar refractivity (Wildman–Crippen MR) is 103 cm³/mol. The Morgan fingerprint density at radius 2 is 1.96 bits per heavy atom.